The lowest BCUT2D eigenvalue weighted by Crippen LogP contribution is -2.34. The third-order valence-corrected chi connectivity index (χ3v) is 4.29. The van der Waals surface area contributed by atoms with E-state index in [1.54, 1.807) is 12.1 Å². The topological polar surface area (TPSA) is 26.0 Å². The summed E-state index contributed by atoms with van der Waals surface area (Å²) in [5.41, 5.74) is 6.15. The number of benzene rings is 1. The average Bonchev–Trinajstić information content (AvgIpc) is 2.76. The number of hydrogen-bond donors (Lipinski definition) is 1. The fourth-order valence-electron chi connectivity index (χ4n) is 3.05. The third kappa shape index (κ3) is 2.26. The largest absolute Gasteiger partial charge is 0.330 e. The van der Waals surface area contributed by atoms with Gasteiger partial charge in [0.15, 0.2) is 0 Å². The van der Waals surface area contributed by atoms with Crippen molar-refractivity contribution < 1.29 is 8.78 Å². The van der Waals surface area contributed by atoms with Crippen LogP contribution in [0.15, 0.2) is 18.2 Å². The third-order valence-electron chi connectivity index (χ3n) is 3.98. The van der Waals surface area contributed by atoms with Crippen LogP contribution in [0.5, 0.6) is 0 Å². The summed E-state index contributed by atoms with van der Waals surface area (Å²) in [6.45, 7) is 1.30. The normalized spacial score (nSPS) is 19.2. The van der Waals surface area contributed by atoms with Crippen molar-refractivity contribution in [3.63, 3.8) is 0 Å². The van der Waals surface area contributed by atoms with Gasteiger partial charge in [0.25, 0.3) is 5.92 Å². The van der Waals surface area contributed by atoms with E-state index in [0.717, 1.165) is 32.6 Å². The second-order valence-electron chi connectivity index (χ2n) is 5.24. The van der Waals surface area contributed by atoms with Gasteiger partial charge in [0.1, 0.15) is 0 Å². The van der Waals surface area contributed by atoms with Gasteiger partial charge in [-0.15, -0.1) is 0 Å². The summed E-state index contributed by atoms with van der Waals surface area (Å²) < 4.78 is 27.6. The zero-order valence-electron chi connectivity index (χ0n) is 10.5. The van der Waals surface area contributed by atoms with E-state index < -0.39 is 5.92 Å². The van der Waals surface area contributed by atoms with Gasteiger partial charge in [0, 0.05) is 24.4 Å². The van der Waals surface area contributed by atoms with Gasteiger partial charge in [-0.25, -0.2) is 8.78 Å². The maximum atomic E-state index is 13.8. The van der Waals surface area contributed by atoms with Crippen LogP contribution in [0.2, 0.25) is 5.02 Å². The Morgan fingerprint density at radius 3 is 2.44 bits per heavy atom. The first-order chi connectivity index (χ1) is 8.41. The molecule has 100 valence electrons. The molecule has 1 aliphatic carbocycles. The van der Waals surface area contributed by atoms with Gasteiger partial charge < -0.3 is 5.73 Å². The van der Waals surface area contributed by atoms with Crippen molar-refractivity contribution in [3.8, 4) is 0 Å². The average molecular weight is 274 g/mol. The molecule has 0 spiro atoms. The highest BCUT2D eigenvalue weighted by molar-refractivity contribution is 6.31. The quantitative estimate of drug-likeness (QED) is 0.877. The summed E-state index contributed by atoms with van der Waals surface area (Å²) >= 11 is 5.99. The molecule has 0 radical (unpaired) electrons. The number of nitrogens with two attached hydrogens (primary N) is 1. The summed E-state index contributed by atoms with van der Waals surface area (Å²) in [5.74, 6) is -2.93. The summed E-state index contributed by atoms with van der Waals surface area (Å²) in [4.78, 5) is 0. The summed E-state index contributed by atoms with van der Waals surface area (Å²) in [7, 11) is 0. The number of halogens is 3. The molecular formula is C14H18ClF2N. The maximum absolute atomic E-state index is 13.8. The predicted molar refractivity (Wildman–Crippen MR) is 70.2 cm³/mol. The Labute approximate surface area is 111 Å². The summed E-state index contributed by atoms with van der Waals surface area (Å²) in [5, 5.41) is 0.139. The van der Waals surface area contributed by atoms with E-state index in [0.29, 0.717) is 12.1 Å². The first-order valence-corrected chi connectivity index (χ1v) is 6.66. The van der Waals surface area contributed by atoms with Crippen molar-refractivity contribution in [2.24, 2.45) is 5.73 Å². The van der Waals surface area contributed by atoms with Crippen LogP contribution < -0.4 is 5.73 Å². The molecule has 0 saturated heterocycles. The highest BCUT2D eigenvalue weighted by Crippen LogP contribution is 2.46. The van der Waals surface area contributed by atoms with E-state index >= 15 is 0 Å². The monoisotopic (exact) mass is 273 g/mol. The van der Waals surface area contributed by atoms with Gasteiger partial charge in [-0.2, -0.15) is 0 Å². The zero-order valence-corrected chi connectivity index (χ0v) is 11.2. The molecular weight excluding hydrogens is 256 g/mol. The van der Waals surface area contributed by atoms with Gasteiger partial charge in [0.05, 0.1) is 5.02 Å². The first kappa shape index (κ1) is 13.8. The van der Waals surface area contributed by atoms with E-state index in [9.17, 15) is 8.78 Å². The van der Waals surface area contributed by atoms with Crippen molar-refractivity contribution in [2.45, 2.75) is 43.9 Å². The summed E-state index contributed by atoms with van der Waals surface area (Å²) in [6, 6.07) is 5.02. The van der Waals surface area contributed by atoms with Gasteiger partial charge >= 0.3 is 0 Å². The first-order valence-electron chi connectivity index (χ1n) is 6.28. The molecule has 0 aromatic heterocycles. The fraction of sp³-hybridized carbons (Fsp3) is 0.571. The van der Waals surface area contributed by atoms with Crippen LogP contribution in [0.25, 0.3) is 0 Å². The van der Waals surface area contributed by atoms with Crippen LogP contribution >= 0.6 is 11.6 Å². The highest BCUT2D eigenvalue weighted by atomic mass is 35.5. The van der Waals surface area contributed by atoms with Gasteiger partial charge in [-0.3, -0.25) is 0 Å². The van der Waals surface area contributed by atoms with Gasteiger partial charge in [0.2, 0.25) is 0 Å². The Balaban J connectivity index is 2.60. The molecule has 1 aliphatic rings. The van der Waals surface area contributed by atoms with Crippen molar-refractivity contribution in [2.75, 3.05) is 6.54 Å². The predicted octanol–water partition coefficient (Wildman–Crippen LogP) is 4.22. The molecule has 1 aromatic carbocycles. The van der Waals surface area contributed by atoms with Gasteiger partial charge in [-0.05, 0) is 24.5 Å². The number of alkyl halides is 2. The van der Waals surface area contributed by atoms with Crippen LogP contribution in [0.4, 0.5) is 8.78 Å². The molecule has 18 heavy (non-hydrogen) atoms. The van der Waals surface area contributed by atoms with Crippen molar-refractivity contribution in [3.05, 3.63) is 34.3 Å². The maximum Gasteiger partial charge on any atom is 0.272 e. The Morgan fingerprint density at radius 1 is 1.33 bits per heavy atom. The second kappa shape index (κ2) is 4.78. The van der Waals surface area contributed by atoms with E-state index in [1.165, 1.54) is 6.07 Å². The molecule has 1 fully saturated rings. The minimum Gasteiger partial charge on any atom is -0.330 e. The van der Waals surface area contributed by atoms with E-state index in [1.807, 2.05) is 0 Å². The van der Waals surface area contributed by atoms with Crippen LogP contribution in [0.3, 0.4) is 0 Å². The molecule has 0 unspecified atom stereocenters. The molecule has 2 rings (SSSR count). The number of rotatable bonds is 3. The number of hydrogen-bond acceptors (Lipinski definition) is 1. The van der Waals surface area contributed by atoms with Crippen molar-refractivity contribution in [1.82, 2.24) is 0 Å². The molecule has 1 nitrogen and oxygen atoms in total. The minimum atomic E-state index is -2.93. The van der Waals surface area contributed by atoms with E-state index in [4.69, 9.17) is 17.3 Å². The minimum absolute atomic E-state index is 0.0426. The Bertz CT molecular complexity index is 434. The molecule has 4 heteroatoms. The molecule has 1 aromatic rings. The molecule has 0 atom stereocenters. The smallest absolute Gasteiger partial charge is 0.272 e. The van der Waals surface area contributed by atoms with Crippen molar-refractivity contribution in [1.29, 1.82) is 0 Å². The lowest BCUT2D eigenvalue weighted by Gasteiger charge is -2.32. The second-order valence-corrected chi connectivity index (χ2v) is 5.65. The van der Waals surface area contributed by atoms with Crippen molar-refractivity contribution >= 4 is 11.6 Å². The molecule has 0 aliphatic heterocycles. The van der Waals surface area contributed by atoms with Crippen LogP contribution in [-0.4, -0.2) is 6.54 Å². The van der Waals surface area contributed by atoms with E-state index in [-0.39, 0.29) is 16.0 Å². The summed E-state index contributed by atoms with van der Waals surface area (Å²) in [6.07, 6.45) is 3.82. The van der Waals surface area contributed by atoms with Crippen LogP contribution in [0, 0.1) is 0 Å². The molecule has 0 amide bonds. The highest BCUT2D eigenvalue weighted by Gasteiger charge is 2.41. The Hall–Kier alpha value is -0.670. The molecule has 2 N–H and O–H groups in total. The Kier molecular flexibility index (Phi) is 3.65. The lowest BCUT2D eigenvalue weighted by atomic mass is 9.76. The van der Waals surface area contributed by atoms with Gasteiger partial charge in [-0.1, -0.05) is 36.6 Å². The Morgan fingerprint density at radius 2 is 1.94 bits per heavy atom. The van der Waals surface area contributed by atoms with Crippen LogP contribution in [-0.2, 0) is 11.3 Å². The zero-order chi connectivity index (χ0) is 13.4. The SMILES string of the molecule is CC(F)(F)c1c(Cl)cccc1C1(CN)CCCC1. The fourth-order valence-corrected chi connectivity index (χ4v) is 3.39. The lowest BCUT2D eigenvalue weighted by molar-refractivity contribution is 0.0155. The molecule has 1 saturated carbocycles. The molecule has 0 bridgehead atoms. The molecule has 0 heterocycles. The van der Waals surface area contributed by atoms with Crippen LogP contribution in [0.1, 0.15) is 43.7 Å². The van der Waals surface area contributed by atoms with E-state index in [2.05, 4.69) is 0 Å². The standard InChI is InChI=1S/C14H18ClF2N/c1-13(16,17)12-10(5-4-6-11(12)15)14(9-18)7-2-3-8-14/h4-6H,2-3,7-9,18H2,1H3.